The number of fused-ring (bicyclic) bond motifs is 1. The second-order valence-electron chi connectivity index (χ2n) is 9.54. The number of anilines is 2. The molecule has 3 atom stereocenters. The minimum Gasteiger partial charge on any atom is -0.394 e. The summed E-state index contributed by atoms with van der Waals surface area (Å²) in [5.41, 5.74) is 3.96. The van der Waals surface area contributed by atoms with Gasteiger partial charge in [0.15, 0.2) is 0 Å². The number of aliphatic hydroxyl groups excluding tert-OH is 2. The van der Waals surface area contributed by atoms with Crippen LogP contribution in [0.4, 0.5) is 11.8 Å². The Morgan fingerprint density at radius 3 is 2.71 bits per heavy atom. The molecule has 0 aliphatic carbocycles. The maximum Gasteiger partial charge on any atom is 0.270 e. The van der Waals surface area contributed by atoms with Gasteiger partial charge in [-0.1, -0.05) is 29.8 Å². The monoisotopic (exact) mass is 516 g/mol. The first kappa shape index (κ1) is 25.6. The number of carbonyl (C=O) groups excluding carboxylic acids is 1. The van der Waals surface area contributed by atoms with Crippen LogP contribution < -0.4 is 10.6 Å². The Labute approximate surface area is 220 Å². The van der Waals surface area contributed by atoms with Crippen molar-refractivity contribution in [3.05, 3.63) is 77.9 Å². The van der Waals surface area contributed by atoms with Gasteiger partial charge in [0.1, 0.15) is 17.7 Å². The summed E-state index contributed by atoms with van der Waals surface area (Å²) in [6.45, 7) is 4.65. The molecule has 0 saturated heterocycles. The minimum absolute atomic E-state index is 0.172. The van der Waals surface area contributed by atoms with Crippen LogP contribution in [-0.4, -0.2) is 70.8 Å². The average molecular weight is 517 g/mol. The summed E-state index contributed by atoms with van der Waals surface area (Å²) >= 11 is 0. The molecular formula is C27H32N8O3. The number of benzene rings is 1. The number of hydrogen-bond donors (Lipinski definition) is 4. The highest BCUT2D eigenvalue weighted by Gasteiger charge is 2.33. The van der Waals surface area contributed by atoms with Crippen molar-refractivity contribution in [3.63, 3.8) is 0 Å². The molecule has 4 aromatic rings. The number of nitrogens with zero attached hydrogens (tertiary/aromatic N) is 6. The molecule has 3 aromatic heterocycles. The Balaban J connectivity index is 1.30. The first-order valence-electron chi connectivity index (χ1n) is 12.5. The molecule has 1 unspecified atom stereocenters. The lowest BCUT2D eigenvalue weighted by Gasteiger charge is -2.37. The molecule has 11 nitrogen and oxygen atoms in total. The van der Waals surface area contributed by atoms with Crippen molar-refractivity contribution in [1.29, 1.82) is 0 Å². The van der Waals surface area contributed by atoms with E-state index >= 15 is 0 Å². The van der Waals surface area contributed by atoms with Crippen molar-refractivity contribution in [2.45, 2.75) is 38.7 Å². The van der Waals surface area contributed by atoms with Crippen LogP contribution >= 0.6 is 0 Å². The van der Waals surface area contributed by atoms with Crippen LogP contribution in [0.3, 0.4) is 0 Å². The fourth-order valence-corrected chi connectivity index (χ4v) is 4.72. The molecule has 0 spiro atoms. The summed E-state index contributed by atoms with van der Waals surface area (Å²) in [5, 5.41) is 31.3. The Bertz CT molecular complexity index is 1430. The largest absolute Gasteiger partial charge is 0.394 e. The van der Waals surface area contributed by atoms with Crippen molar-refractivity contribution in [2.75, 3.05) is 18.5 Å². The van der Waals surface area contributed by atoms with Crippen molar-refractivity contribution in [2.24, 2.45) is 7.05 Å². The number of rotatable bonds is 9. The minimum atomic E-state index is -1.03. The SMILES string of the molecule is Cc1cccc([C@@H](CO)NC(O)[C@@H](C)N2CCn3cc(-c4ccnc(Nc5ccnn5C)n4)cc3C2=O)c1. The number of aryl methyl sites for hydroxylation is 2. The van der Waals surface area contributed by atoms with Gasteiger partial charge >= 0.3 is 0 Å². The van der Waals surface area contributed by atoms with E-state index in [-0.39, 0.29) is 12.5 Å². The second-order valence-corrected chi connectivity index (χ2v) is 9.54. The quantitative estimate of drug-likeness (QED) is 0.249. The van der Waals surface area contributed by atoms with Gasteiger partial charge in [-0.25, -0.2) is 9.97 Å². The summed E-state index contributed by atoms with van der Waals surface area (Å²) < 4.78 is 3.61. The lowest BCUT2D eigenvalue weighted by molar-refractivity contribution is 0.0137. The number of nitrogens with one attached hydrogen (secondary N) is 2. The highest BCUT2D eigenvalue weighted by molar-refractivity contribution is 5.95. The summed E-state index contributed by atoms with van der Waals surface area (Å²) in [4.78, 5) is 24.0. The fraction of sp³-hybridized carbons (Fsp3) is 0.333. The fourth-order valence-electron chi connectivity index (χ4n) is 4.72. The van der Waals surface area contributed by atoms with Crippen LogP contribution in [-0.2, 0) is 13.6 Å². The highest BCUT2D eigenvalue weighted by atomic mass is 16.3. The lowest BCUT2D eigenvalue weighted by atomic mass is 10.0. The molecule has 0 bridgehead atoms. The number of aromatic nitrogens is 5. The molecule has 4 heterocycles. The van der Waals surface area contributed by atoms with E-state index in [2.05, 4.69) is 25.7 Å². The Morgan fingerprint density at radius 2 is 1.97 bits per heavy atom. The third-order valence-electron chi connectivity index (χ3n) is 6.92. The van der Waals surface area contributed by atoms with Gasteiger partial charge in [-0.2, -0.15) is 5.10 Å². The molecule has 0 saturated carbocycles. The van der Waals surface area contributed by atoms with Crippen LogP contribution in [0, 0.1) is 6.92 Å². The van der Waals surface area contributed by atoms with Gasteiger partial charge in [0.2, 0.25) is 5.95 Å². The van der Waals surface area contributed by atoms with Crippen LogP contribution in [0.5, 0.6) is 0 Å². The van der Waals surface area contributed by atoms with E-state index in [0.717, 1.165) is 22.5 Å². The van der Waals surface area contributed by atoms with Gasteiger partial charge in [-0.3, -0.25) is 14.8 Å². The predicted octanol–water partition coefficient (Wildman–Crippen LogP) is 2.22. The molecule has 4 N–H and O–H groups in total. The number of amides is 1. The van der Waals surface area contributed by atoms with Crippen LogP contribution in [0.2, 0.25) is 0 Å². The first-order valence-corrected chi connectivity index (χ1v) is 12.5. The molecule has 38 heavy (non-hydrogen) atoms. The van der Waals surface area contributed by atoms with E-state index in [1.807, 2.05) is 61.1 Å². The summed E-state index contributed by atoms with van der Waals surface area (Å²) in [5.74, 6) is 1.02. The maximum atomic E-state index is 13.5. The molecule has 1 aliphatic rings. The van der Waals surface area contributed by atoms with Gasteiger partial charge in [-0.15, -0.1) is 0 Å². The number of carbonyl (C=O) groups is 1. The zero-order chi connectivity index (χ0) is 26.8. The summed E-state index contributed by atoms with van der Waals surface area (Å²) in [6, 6.07) is 12.3. The van der Waals surface area contributed by atoms with Crippen LogP contribution in [0.1, 0.15) is 34.6 Å². The predicted molar refractivity (Wildman–Crippen MR) is 143 cm³/mol. The van der Waals surface area contributed by atoms with Crippen molar-refractivity contribution >= 4 is 17.7 Å². The molecule has 11 heteroatoms. The third kappa shape index (κ3) is 5.17. The van der Waals surface area contributed by atoms with E-state index < -0.39 is 18.3 Å². The van der Waals surface area contributed by atoms with Crippen LogP contribution in [0.25, 0.3) is 11.3 Å². The molecule has 5 rings (SSSR count). The Morgan fingerprint density at radius 1 is 1.13 bits per heavy atom. The highest BCUT2D eigenvalue weighted by Crippen LogP contribution is 2.26. The van der Waals surface area contributed by atoms with Crippen LogP contribution in [0.15, 0.2) is 61.1 Å². The molecule has 1 aromatic carbocycles. The van der Waals surface area contributed by atoms with E-state index in [1.165, 1.54) is 0 Å². The normalized spacial score (nSPS) is 15.7. The number of aliphatic hydroxyl groups is 2. The van der Waals surface area contributed by atoms with E-state index in [0.29, 0.717) is 30.4 Å². The molecule has 0 fully saturated rings. The zero-order valence-electron chi connectivity index (χ0n) is 21.6. The standard InChI is InChI=1S/C27H32N8O3/c1-17-5-4-6-19(13-17)22(16-36)30-25(37)18(2)35-12-11-34-15-20(14-23(34)26(35)38)21-7-9-28-27(31-21)32-24-8-10-29-33(24)3/h4-10,13-15,18,22,25,30,36-37H,11-12,16H2,1-3H3,(H,28,31,32)/t18-,22-,25?/m1/s1. The Kier molecular flexibility index (Phi) is 7.23. The van der Waals surface area contributed by atoms with E-state index in [9.17, 15) is 15.0 Å². The topological polar surface area (TPSA) is 133 Å². The molecule has 0 radical (unpaired) electrons. The third-order valence-corrected chi connectivity index (χ3v) is 6.92. The molecule has 1 amide bonds. The lowest BCUT2D eigenvalue weighted by Crippen LogP contribution is -2.54. The zero-order valence-corrected chi connectivity index (χ0v) is 21.6. The van der Waals surface area contributed by atoms with Crippen molar-refractivity contribution < 1.29 is 15.0 Å². The maximum absolute atomic E-state index is 13.5. The van der Waals surface area contributed by atoms with E-state index in [1.54, 1.807) is 35.0 Å². The molecular weight excluding hydrogens is 484 g/mol. The average Bonchev–Trinajstić information content (AvgIpc) is 3.54. The van der Waals surface area contributed by atoms with Gasteiger partial charge in [0.25, 0.3) is 5.91 Å². The van der Waals surface area contributed by atoms with Gasteiger partial charge in [0.05, 0.1) is 30.6 Å². The van der Waals surface area contributed by atoms with Gasteiger partial charge in [0, 0.05) is 44.2 Å². The van der Waals surface area contributed by atoms with Gasteiger partial charge in [-0.05, 0) is 31.5 Å². The van der Waals surface area contributed by atoms with Crippen molar-refractivity contribution in [3.8, 4) is 11.3 Å². The summed E-state index contributed by atoms with van der Waals surface area (Å²) in [6.07, 6.45) is 4.24. The van der Waals surface area contributed by atoms with Gasteiger partial charge < -0.3 is 25.0 Å². The molecule has 198 valence electrons. The van der Waals surface area contributed by atoms with E-state index in [4.69, 9.17) is 0 Å². The van der Waals surface area contributed by atoms with Crippen molar-refractivity contribution in [1.82, 2.24) is 34.5 Å². The smallest absolute Gasteiger partial charge is 0.270 e. The Hall–Kier alpha value is -4.06. The number of hydrogen-bond acceptors (Lipinski definition) is 8. The summed E-state index contributed by atoms with van der Waals surface area (Å²) in [7, 11) is 1.82. The molecule has 1 aliphatic heterocycles. The first-order chi connectivity index (χ1) is 18.3. The second kappa shape index (κ2) is 10.7.